The lowest BCUT2D eigenvalue weighted by Crippen LogP contribution is -1.96. The van der Waals surface area contributed by atoms with Gasteiger partial charge in [0.1, 0.15) is 0 Å². The van der Waals surface area contributed by atoms with Crippen molar-refractivity contribution in [2.24, 2.45) is 0 Å². The molecule has 0 N–H and O–H groups in total. The lowest BCUT2D eigenvalue weighted by atomic mass is 10.1. The Morgan fingerprint density at radius 2 is 0.476 bits per heavy atom. The smallest absolute Gasteiger partial charge is 0.0492 e. The summed E-state index contributed by atoms with van der Waals surface area (Å²) < 4.78 is 7.30. The van der Waals surface area contributed by atoms with Gasteiger partial charge in [-0.05, 0) is 165 Å². The molecule has 3 aromatic heterocycles. The summed E-state index contributed by atoms with van der Waals surface area (Å²) in [5.41, 5.74) is 7.23. The Kier molecular flexibility index (Phi) is 10.7. The first-order chi connectivity index (χ1) is 31.1. The molecule has 7 aromatic carbocycles. The minimum Gasteiger partial charge on any atom is -0.340 e. The van der Waals surface area contributed by atoms with Crippen LogP contribution in [-0.2, 0) is 19.6 Å². The van der Waals surface area contributed by atoms with E-state index in [4.69, 9.17) is 0 Å². The van der Waals surface area contributed by atoms with E-state index >= 15 is 0 Å². The van der Waals surface area contributed by atoms with Gasteiger partial charge in [-0.15, -0.1) is 0 Å². The van der Waals surface area contributed by atoms with Crippen molar-refractivity contribution in [1.82, 2.24) is 13.7 Å². The monoisotopic (exact) mass is 807 g/mol. The molecular formula is C60H45N3. The number of hydrogen-bond acceptors (Lipinski definition) is 0. The SMILES string of the molecule is CCCCn1c2ccc3c#cc#cc4ccc5c(c4)c4cc(c#cc#cc6ccc7c(c6)c6cc(c#cc#cc8ccc1c(c8)c2c3)ccc6n7CCCC)ccc4n5CCCC. The van der Waals surface area contributed by atoms with Crippen molar-refractivity contribution in [3.63, 3.8) is 0 Å². The van der Waals surface area contributed by atoms with Crippen molar-refractivity contribution in [3.8, 4) is 0 Å². The summed E-state index contributed by atoms with van der Waals surface area (Å²) >= 11 is 0. The number of benzene rings is 6. The maximum atomic E-state index is 3.34. The Morgan fingerprint density at radius 1 is 0.286 bits per heavy atom. The Morgan fingerprint density at radius 3 is 0.651 bits per heavy atom. The van der Waals surface area contributed by atoms with Gasteiger partial charge >= 0.3 is 0 Å². The average Bonchev–Trinajstić information content (AvgIpc) is 3.91. The van der Waals surface area contributed by atoms with Crippen LogP contribution in [0.5, 0.6) is 0 Å². The molecule has 10 rings (SSSR count). The van der Waals surface area contributed by atoms with Gasteiger partial charge in [-0.3, -0.25) is 0 Å². The molecule has 3 nitrogen and oxygen atoms in total. The van der Waals surface area contributed by atoms with Crippen molar-refractivity contribution >= 4 is 97.7 Å². The van der Waals surface area contributed by atoms with Crippen molar-refractivity contribution in [1.29, 1.82) is 0 Å². The first-order valence-corrected chi connectivity index (χ1v) is 22.3. The van der Waals surface area contributed by atoms with E-state index in [9.17, 15) is 0 Å². The normalized spacial score (nSPS) is 10.9. The summed E-state index contributed by atoms with van der Waals surface area (Å²) in [4.78, 5) is 0. The number of fused-ring (bicyclic) bond motifs is 6. The van der Waals surface area contributed by atoms with Crippen LogP contribution in [0.4, 0.5) is 0 Å². The summed E-state index contributed by atoms with van der Waals surface area (Å²) in [5.74, 6) is 0. The number of nitrogens with zero attached hydrogens (tertiary/aromatic N) is 3. The molecule has 0 aliphatic heterocycles. The molecule has 0 spiro atoms. The van der Waals surface area contributed by atoms with Gasteiger partial charge < -0.3 is 13.7 Å². The average molecular weight is 808 g/mol. The highest BCUT2D eigenvalue weighted by molar-refractivity contribution is 6.13. The fraction of sp³-hybridized carbons (Fsp3) is 0.200. The molecule has 0 unspecified atom stereocenters. The molecule has 12 bridgehead atoms. The van der Waals surface area contributed by atoms with Crippen molar-refractivity contribution in [2.45, 2.75) is 78.9 Å². The van der Waals surface area contributed by atoms with Gasteiger partial charge in [0.25, 0.3) is 0 Å². The topological polar surface area (TPSA) is 14.8 Å². The van der Waals surface area contributed by atoms with Gasteiger partial charge in [0.15, 0.2) is 0 Å². The molecule has 0 aliphatic carbocycles. The zero-order chi connectivity index (χ0) is 42.7. The minimum absolute atomic E-state index is 0.933. The van der Waals surface area contributed by atoms with Gasteiger partial charge in [0, 0.05) is 117 Å². The molecule has 300 valence electrons. The number of hydrogen-bond donors (Lipinski definition) is 0. The van der Waals surface area contributed by atoms with E-state index in [0.717, 1.165) is 90.5 Å². The summed E-state index contributed by atoms with van der Waals surface area (Å²) in [7, 11) is 0. The van der Waals surface area contributed by atoms with E-state index in [-0.39, 0.29) is 0 Å². The van der Waals surface area contributed by atoms with Gasteiger partial charge in [0.05, 0.1) is 0 Å². The standard InChI is InChI=1S/C60H45N3/c1-4-7-34-61-55-28-22-43-16-10-12-18-45-24-30-57-51(39-45)53-41-47(26-32-59(53)62(57)35-8-5-2)20-14-15-21-48-27-33-60-54(42-48)52-40-46(25-31-58(52)63(60)36-9-6-3)19-13-11-17-44-23-29-56(61)50(38-44)49(55)37-43/h22-33,37-42H,4-9,34-36H2,1-3H3. The highest BCUT2D eigenvalue weighted by Crippen LogP contribution is 2.34. The molecule has 63 heavy (non-hydrogen) atoms. The molecular weight excluding hydrogens is 763 g/mol. The van der Waals surface area contributed by atoms with E-state index < -0.39 is 0 Å². The van der Waals surface area contributed by atoms with Gasteiger partial charge in [-0.25, -0.2) is 0 Å². The molecule has 0 radical (unpaired) electrons. The highest BCUT2D eigenvalue weighted by Gasteiger charge is 2.13. The lowest BCUT2D eigenvalue weighted by molar-refractivity contribution is 0.665. The summed E-state index contributed by atoms with van der Waals surface area (Å²) in [6.07, 6.45) is 6.69. The van der Waals surface area contributed by atoms with Gasteiger partial charge in [-0.1, -0.05) is 76.4 Å². The summed E-state index contributed by atoms with van der Waals surface area (Å²) in [6.45, 7) is 9.58. The predicted octanol–water partition coefficient (Wildman–Crippen LogP) is 14.8. The number of aryl methyl sites for hydroxylation is 3. The molecule has 3 heteroatoms. The quantitative estimate of drug-likeness (QED) is 0.138. The van der Waals surface area contributed by atoms with Crippen LogP contribution in [0.1, 0.15) is 59.3 Å². The molecule has 3 heterocycles. The third-order valence-electron chi connectivity index (χ3n) is 12.2. The third-order valence-corrected chi connectivity index (χ3v) is 12.2. The maximum absolute atomic E-state index is 3.34. The molecule has 0 aliphatic rings. The van der Waals surface area contributed by atoms with Crippen LogP contribution in [0.3, 0.4) is 0 Å². The van der Waals surface area contributed by atoms with Gasteiger partial charge in [-0.2, -0.15) is 0 Å². The fourth-order valence-corrected chi connectivity index (χ4v) is 9.07. The second kappa shape index (κ2) is 17.2. The largest absolute Gasteiger partial charge is 0.340 e. The second-order valence-electron chi connectivity index (χ2n) is 16.4. The first kappa shape index (κ1) is 39.2. The van der Waals surface area contributed by atoms with Crippen LogP contribution in [0.15, 0.2) is 109 Å². The molecule has 0 fully saturated rings. The van der Waals surface area contributed by atoms with E-state index in [1.54, 1.807) is 0 Å². The number of aromatic nitrogens is 3. The maximum Gasteiger partial charge on any atom is 0.0492 e. The molecule has 0 saturated carbocycles. The van der Waals surface area contributed by atoms with E-state index in [1.165, 1.54) is 65.4 Å². The Labute approximate surface area is 370 Å². The molecule has 10 aromatic rings. The predicted molar refractivity (Wildman–Crippen MR) is 262 cm³/mol. The van der Waals surface area contributed by atoms with Crippen molar-refractivity contribution < 1.29 is 0 Å². The van der Waals surface area contributed by atoms with Crippen molar-refractivity contribution in [3.05, 3.63) is 182 Å². The minimum atomic E-state index is 0.933. The molecule has 0 saturated heterocycles. The zero-order valence-electron chi connectivity index (χ0n) is 36.1. The highest BCUT2D eigenvalue weighted by atomic mass is 15.0. The first-order valence-electron chi connectivity index (χ1n) is 22.3. The Balaban J connectivity index is 1.19. The Hall–Kier alpha value is -7.92. The van der Waals surface area contributed by atoms with E-state index in [0.29, 0.717) is 0 Å². The van der Waals surface area contributed by atoms with Crippen LogP contribution < -0.4 is 0 Å². The second-order valence-corrected chi connectivity index (χ2v) is 16.4. The third kappa shape index (κ3) is 7.58. The Bertz CT molecular complexity index is 2950. The number of unbranched alkanes of at least 4 members (excludes halogenated alkanes) is 3. The zero-order valence-corrected chi connectivity index (χ0v) is 36.1. The van der Waals surface area contributed by atoms with E-state index in [1.807, 2.05) is 0 Å². The lowest BCUT2D eigenvalue weighted by Gasteiger charge is -2.06. The van der Waals surface area contributed by atoms with Crippen LogP contribution in [0, 0.1) is 72.8 Å². The van der Waals surface area contributed by atoms with Crippen LogP contribution in [0.2, 0.25) is 0 Å². The summed E-state index contributed by atoms with van der Waals surface area (Å²) in [5, 5.41) is 12.6. The van der Waals surface area contributed by atoms with Crippen molar-refractivity contribution in [2.75, 3.05) is 0 Å². The summed E-state index contributed by atoms with van der Waals surface area (Å²) in [6, 6.07) is 78.1. The molecule has 0 amide bonds. The van der Waals surface area contributed by atoms with E-state index in [2.05, 4.69) is 216 Å². The molecule has 0 atom stereocenters. The van der Waals surface area contributed by atoms with Crippen LogP contribution >= 0.6 is 0 Å². The fourth-order valence-electron chi connectivity index (χ4n) is 9.07. The van der Waals surface area contributed by atoms with Gasteiger partial charge in [0.2, 0.25) is 0 Å². The number of rotatable bonds is 9. The van der Waals surface area contributed by atoms with Crippen LogP contribution in [0.25, 0.3) is 97.7 Å². The van der Waals surface area contributed by atoms with Crippen LogP contribution in [-0.4, -0.2) is 13.7 Å².